The highest BCUT2D eigenvalue weighted by Crippen LogP contribution is 2.37. The first kappa shape index (κ1) is 14.0. The number of aryl methyl sites for hydroxylation is 1. The van der Waals surface area contributed by atoms with E-state index in [1.165, 1.54) is 68.5 Å². The van der Waals surface area contributed by atoms with Gasteiger partial charge in [0.05, 0.1) is 5.25 Å². The molecule has 114 valence electrons. The van der Waals surface area contributed by atoms with E-state index < -0.39 is 0 Å². The lowest BCUT2D eigenvalue weighted by atomic mass is 9.87. The summed E-state index contributed by atoms with van der Waals surface area (Å²) in [6, 6.07) is 0.827. The number of thioether (sulfide) groups is 1. The molecule has 21 heavy (non-hydrogen) atoms. The zero-order chi connectivity index (χ0) is 14.1. The fourth-order valence-corrected chi connectivity index (χ4v) is 4.74. The van der Waals surface area contributed by atoms with Gasteiger partial charge in [-0.15, -0.1) is 0 Å². The van der Waals surface area contributed by atoms with Gasteiger partial charge in [0.15, 0.2) is 0 Å². The average molecular weight is 303 g/mol. The van der Waals surface area contributed by atoms with Gasteiger partial charge in [-0.1, -0.05) is 6.42 Å². The zero-order valence-corrected chi connectivity index (χ0v) is 13.5. The second-order valence-corrected chi connectivity index (χ2v) is 8.16. The number of hydrogen-bond acceptors (Lipinski definition) is 4. The molecule has 2 atom stereocenters. The third kappa shape index (κ3) is 3.42. The van der Waals surface area contributed by atoms with E-state index in [4.69, 9.17) is 9.97 Å². The van der Waals surface area contributed by atoms with Gasteiger partial charge in [-0.05, 0) is 68.7 Å². The molecule has 1 N–H and O–H groups in total. The second kappa shape index (κ2) is 6.25. The van der Waals surface area contributed by atoms with Crippen molar-refractivity contribution in [3.05, 3.63) is 23.3 Å². The minimum atomic E-state index is 0.554. The molecule has 1 aromatic rings. The van der Waals surface area contributed by atoms with Crippen molar-refractivity contribution in [3.8, 4) is 0 Å². The van der Waals surface area contributed by atoms with Gasteiger partial charge in [-0.25, -0.2) is 9.97 Å². The van der Waals surface area contributed by atoms with E-state index in [0.717, 1.165) is 24.2 Å². The highest BCUT2D eigenvalue weighted by Gasteiger charge is 2.26. The summed E-state index contributed by atoms with van der Waals surface area (Å²) in [4.78, 5) is 9.63. The Morgan fingerprint density at radius 2 is 2.14 bits per heavy atom. The summed E-state index contributed by atoms with van der Waals surface area (Å²) in [6.45, 7) is 1.18. The van der Waals surface area contributed by atoms with Crippen molar-refractivity contribution in [2.45, 2.75) is 62.7 Å². The van der Waals surface area contributed by atoms with Gasteiger partial charge in [0, 0.05) is 17.9 Å². The fraction of sp³-hybridized carbons (Fsp3) is 0.765. The summed E-state index contributed by atoms with van der Waals surface area (Å²) in [7, 11) is 0. The van der Waals surface area contributed by atoms with Gasteiger partial charge in [-0.2, -0.15) is 11.8 Å². The van der Waals surface area contributed by atoms with Crippen LogP contribution in [0.4, 0.5) is 0 Å². The van der Waals surface area contributed by atoms with Gasteiger partial charge < -0.3 is 5.32 Å². The largest absolute Gasteiger partial charge is 0.314 e. The van der Waals surface area contributed by atoms with Gasteiger partial charge >= 0.3 is 0 Å². The first-order valence-corrected chi connectivity index (χ1v) is 9.63. The molecular formula is C17H25N3S. The molecule has 4 rings (SSSR count). The van der Waals surface area contributed by atoms with E-state index in [9.17, 15) is 0 Å². The molecule has 0 bridgehead atoms. The number of hydrogen-bond donors (Lipinski definition) is 1. The van der Waals surface area contributed by atoms with E-state index in [2.05, 4.69) is 23.3 Å². The molecule has 3 aliphatic rings. The Bertz CT molecular complexity index is 495. The van der Waals surface area contributed by atoms with Crippen LogP contribution in [0.15, 0.2) is 6.20 Å². The molecule has 0 aromatic carbocycles. The van der Waals surface area contributed by atoms with Crippen LogP contribution in [0.1, 0.15) is 60.9 Å². The Kier molecular flexibility index (Phi) is 4.17. The SMILES string of the molecule is c1nc(C2CCCCS2)nc2c1CC(CNC1CC1)CC2. The summed E-state index contributed by atoms with van der Waals surface area (Å²) < 4.78 is 0. The highest BCUT2D eigenvalue weighted by molar-refractivity contribution is 7.99. The number of fused-ring (bicyclic) bond motifs is 1. The predicted octanol–water partition coefficient (Wildman–Crippen LogP) is 3.29. The molecule has 2 unspecified atom stereocenters. The quantitative estimate of drug-likeness (QED) is 0.926. The molecule has 4 heteroatoms. The van der Waals surface area contributed by atoms with Gasteiger partial charge in [0.25, 0.3) is 0 Å². The van der Waals surface area contributed by atoms with Crippen molar-refractivity contribution in [1.82, 2.24) is 15.3 Å². The van der Waals surface area contributed by atoms with Crippen molar-refractivity contribution in [2.24, 2.45) is 5.92 Å². The lowest BCUT2D eigenvalue weighted by molar-refractivity contribution is 0.417. The number of nitrogens with zero attached hydrogens (tertiary/aromatic N) is 2. The Hall–Kier alpha value is -0.610. The molecule has 2 aliphatic carbocycles. The Morgan fingerprint density at radius 1 is 1.19 bits per heavy atom. The molecular weight excluding hydrogens is 278 g/mol. The van der Waals surface area contributed by atoms with Crippen molar-refractivity contribution in [1.29, 1.82) is 0 Å². The summed E-state index contributed by atoms with van der Waals surface area (Å²) in [6.07, 6.45) is 12.5. The Balaban J connectivity index is 1.41. The van der Waals surface area contributed by atoms with Gasteiger partial charge in [-0.3, -0.25) is 0 Å². The van der Waals surface area contributed by atoms with Crippen LogP contribution in [0.3, 0.4) is 0 Å². The standard InChI is InChI=1S/C17H25N3S/c1-2-8-21-16(3-1)17-19-11-13-9-12(4-7-15(13)20-17)10-18-14-5-6-14/h11-12,14,16,18H,1-10H2. The van der Waals surface area contributed by atoms with Crippen LogP contribution < -0.4 is 5.32 Å². The predicted molar refractivity (Wildman–Crippen MR) is 87.6 cm³/mol. The Labute approximate surface area is 131 Å². The Morgan fingerprint density at radius 3 is 2.95 bits per heavy atom. The van der Waals surface area contributed by atoms with Crippen molar-refractivity contribution in [2.75, 3.05) is 12.3 Å². The van der Waals surface area contributed by atoms with Crippen molar-refractivity contribution in [3.63, 3.8) is 0 Å². The van der Waals surface area contributed by atoms with Crippen LogP contribution in [-0.2, 0) is 12.8 Å². The maximum absolute atomic E-state index is 4.93. The number of nitrogens with one attached hydrogen (secondary N) is 1. The third-order valence-electron chi connectivity index (χ3n) is 5.01. The summed E-state index contributed by atoms with van der Waals surface area (Å²) in [5.74, 6) is 3.17. The molecule has 0 amide bonds. The fourth-order valence-electron chi connectivity index (χ4n) is 3.49. The second-order valence-electron chi connectivity index (χ2n) is 6.85. The number of aromatic nitrogens is 2. The van der Waals surface area contributed by atoms with Crippen LogP contribution in [0.25, 0.3) is 0 Å². The van der Waals surface area contributed by atoms with E-state index in [1.807, 2.05) is 0 Å². The molecule has 1 aliphatic heterocycles. The first-order chi connectivity index (χ1) is 10.4. The summed E-state index contributed by atoms with van der Waals surface area (Å²) in [5.41, 5.74) is 2.75. The normalized spacial score (nSPS) is 29.1. The summed E-state index contributed by atoms with van der Waals surface area (Å²) >= 11 is 2.05. The molecule has 1 aromatic heterocycles. The van der Waals surface area contributed by atoms with Crippen LogP contribution >= 0.6 is 11.8 Å². The molecule has 1 saturated carbocycles. The lowest BCUT2D eigenvalue weighted by Gasteiger charge is -2.26. The highest BCUT2D eigenvalue weighted by atomic mass is 32.2. The van der Waals surface area contributed by atoms with E-state index in [0.29, 0.717) is 5.25 Å². The van der Waals surface area contributed by atoms with Crippen molar-refractivity contribution >= 4 is 11.8 Å². The average Bonchev–Trinajstić information content (AvgIpc) is 3.37. The molecule has 2 fully saturated rings. The molecule has 3 nitrogen and oxygen atoms in total. The van der Waals surface area contributed by atoms with Gasteiger partial charge in [0.1, 0.15) is 5.82 Å². The maximum Gasteiger partial charge on any atom is 0.141 e. The summed E-state index contributed by atoms with van der Waals surface area (Å²) in [5, 5.41) is 4.23. The van der Waals surface area contributed by atoms with Crippen molar-refractivity contribution < 1.29 is 0 Å². The molecule has 1 saturated heterocycles. The van der Waals surface area contributed by atoms with Gasteiger partial charge in [0.2, 0.25) is 0 Å². The zero-order valence-electron chi connectivity index (χ0n) is 12.7. The molecule has 0 spiro atoms. The molecule has 2 heterocycles. The van der Waals surface area contributed by atoms with E-state index in [-0.39, 0.29) is 0 Å². The maximum atomic E-state index is 4.93. The van der Waals surface area contributed by atoms with Crippen LogP contribution in [-0.4, -0.2) is 28.3 Å². The van der Waals surface area contributed by atoms with E-state index in [1.54, 1.807) is 0 Å². The first-order valence-electron chi connectivity index (χ1n) is 8.58. The van der Waals surface area contributed by atoms with Crippen LogP contribution in [0.2, 0.25) is 0 Å². The monoisotopic (exact) mass is 303 g/mol. The third-order valence-corrected chi connectivity index (χ3v) is 6.38. The van der Waals surface area contributed by atoms with Crippen LogP contribution in [0.5, 0.6) is 0 Å². The lowest BCUT2D eigenvalue weighted by Crippen LogP contribution is -2.29. The topological polar surface area (TPSA) is 37.8 Å². The molecule has 0 radical (unpaired) electrons. The van der Waals surface area contributed by atoms with Crippen LogP contribution in [0, 0.1) is 5.92 Å². The number of rotatable bonds is 4. The van der Waals surface area contributed by atoms with E-state index >= 15 is 0 Å². The minimum absolute atomic E-state index is 0.554. The minimum Gasteiger partial charge on any atom is -0.314 e. The smallest absolute Gasteiger partial charge is 0.141 e.